The van der Waals surface area contributed by atoms with Gasteiger partial charge in [0, 0.05) is 24.2 Å². The third kappa shape index (κ3) is 3.57. The Morgan fingerprint density at radius 3 is 2.54 bits per heavy atom. The molecule has 1 aromatic carbocycles. The molecule has 3 aromatic rings. The number of para-hydroxylation sites is 1. The Labute approximate surface area is 169 Å². The molecule has 146 valence electrons. The van der Waals surface area contributed by atoms with E-state index < -0.39 is 0 Å². The van der Waals surface area contributed by atoms with Crippen LogP contribution in [0, 0.1) is 0 Å². The Balaban J connectivity index is 0.00000192. The van der Waals surface area contributed by atoms with Crippen LogP contribution in [0.15, 0.2) is 59.2 Å². The first-order chi connectivity index (χ1) is 13.3. The molecule has 0 spiro atoms. The number of benzene rings is 1. The monoisotopic (exact) mass is 398 g/mol. The summed E-state index contributed by atoms with van der Waals surface area (Å²) in [6.07, 6.45) is 6.02. The zero-order valence-electron chi connectivity index (χ0n) is 15.4. The number of amides is 1. The smallest absolute Gasteiger partial charge is 0.270 e. The van der Waals surface area contributed by atoms with E-state index in [1.807, 2.05) is 42.5 Å². The van der Waals surface area contributed by atoms with Crippen LogP contribution < -0.4 is 10.6 Å². The number of halogens is 1. The molecule has 2 fully saturated rings. The number of carbonyl (C=O) groups excluding carboxylic acids is 1. The van der Waals surface area contributed by atoms with Crippen LogP contribution >= 0.6 is 12.4 Å². The highest BCUT2D eigenvalue weighted by Crippen LogP contribution is 2.27. The molecular formula is C21H23ClN4O2. The second-order valence-electron chi connectivity index (χ2n) is 7.42. The number of nitrogens with one attached hydrogen (secondary N) is 2. The van der Waals surface area contributed by atoms with E-state index in [-0.39, 0.29) is 24.4 Å². The summed E-state index contributed by atoms with van der Waals surface area (Å²) in [5.74, 6) is 0.564. The lowest BCUT2D eigenvalue weighted by atomic mass is 10.00. The minimum Gasteiger partial charge on any atom is -0.463 e. The molecule has 2 aliphatic rings. The number of piperidine rings is 1. The summed E-state index contributed by atoms with van der Waals surface area (Å²) >= 11 is 0. The van der Waals surface area contributed by atoms with Gasteiger partial charge in [0.15, 0.2) is 5.76 Å². The van der Waals surface area contributed by atoms with Gasteiger partial charge in [0.1, 0.15) is 11.4 Å². The average molecular weight is 399 g/mol. The van der Waals surface area contributed by atoms with Gasteiger partial charge in [0.05, 0.1) is 12.0 Å². The molecular weight excluding hydrogens is 376 g/mol. The Hall–Kier alpha value is -2.57. The van der Waals surface area contributed by atoms with E-state index in [1.54, 1.807) is 17.0 Å². The van der Waals surface area contributed by atoms with E-state index in [4.69, 9.17) is 4.42 Å². The van der Waals surface area contributed by atoms with E-state index >= 15 is 0 Å². The van der Waals surface area contributed by atoms with Crippen molar-refractivity contribution < 1.29 is 9.21 Å². The molecule has 2 aromatic heterocycles. The zero-order chi connectivity index (χ0) is 18.2. The molecule has 0 aliphatic carbocycles. The number of rotatable bonds is 4. The second-order valence-corrected chi connectivity index (χ2v) is 7.42. The number of carbonyl (C=O) groups is 1. The minimum atomic E-state index is -0.0875. The fraction of sp³-hybridized carbons (Fsp3) is 0.333. The number of hydrogen-bond acceptors (Lipinski definition) is 4. The van der Waals surface area contributed by atoms with Crippen molar-refractivity contribution in [2.24, 2.45) is 0 Å². The van der Waals surface area contributed by atoms with Crippen LogP contribution in [0.3, 0.4) is 0 Å². The molecule has 5 rings (SSSR count). The maximum atomic E-state index is 13.1. The Morgan fingerprint density at radius 1 is 1.11 bits per heavy atom. The van der Waals surface area contributed by atoms with Gasteiger partial charge in [0.25, 0.3) is 5.91 Å². The Bertz CT molecular complexity index is 927. The molecule has 0 saturated carbocycles. The molecule has 2 unspecified atom stereocenters. The predicted octanol–water partition coefficient (Wildman–Crippen LogP) is 3.57. The molecule has 2 bridgehead atoms. The second kappa shape index (κ2) is 7.81. The summed E-state index contributed by atoms with van der Waals surface area (Å²) in [6, 6.07) is 16.5. The molecule has 1 amide bonds. The van der Waals surface area contributed by atoms with Crippen molar-refractivity contribution >= 4 is 18.3 Å². The first-order valence-corrected chi connectivity index (χ1v) is 9.52. The van der Waals surface area contributed by atoms with Gasteiger partial charge in [-0.25, -0.2) is 4.68 Å². The normalized spacial score (nSPS) is 23.2. The highest BCUT2D eigenvalue weighted by molar-refractivity contribution is 5.94. The minimum absolute atomic E-state index is 0. The van der Waals surface area contributed by atoms with Crippen molar-refractivity contribution in [2.45, 2.75) is 43.8 Å². The third-order valence-electron chi connectivity index (χ3n) is 5.52. The highest BCUT2D eigenvalue weighted by atomic mass is 35.5. The lowest BCUT2D eigenvalue weighted by molar-refractivity contribution is 0.0916. The van der Waals surface area contributed by atoms with Crippen molar-refractivity contribution in [3.05, 3.63) is 60.5 Å². The molecule has 2 aliphatic heterocycles. The number of fused-ring (bicyclic) bond motifs is 2. The van der Waals surface area contributed by atoms with Crippen molar-refractivity contribution in [1.82, 2.24) is 20.4 Å². The number of hydrogen-bond donors (Lipinski definition) is 2. The fourth-order valence-corrected chi connectivity index (χ4v) is 4.29. The van der Waals surface area contributed by atoms with Gasteiger partial charge in [0.2, 0.25) is 0 Å². The largest absolute Gasteiger partial charge is 0.463 e. The van der Waals surface area contributed by atoms with Crippen LogP contribution in [0.4, 0.5) is 0 Å². The van der Waals surface area contributed by atoms with Crippen molar-refractivity contribution in [3.8, 4) is 17.1 Å². The summed E-state index contributed by atoms with van der Waals surface area (Å²) in [7, 11) is 0. The fourth-order valence-electron chi connectivity index (χ4n) is 4.29. The highest BCUT2D eigenvalue weighted by Gasteiger charge is 2.34. The van der Waals surface area contributed by atoms with E-state index in [1.165, 1.54) is 12.8 Å². The Kier molecular flexibility index (Phi) is 5.24. The maximum absolute atomic E-state index is 13.1. The average Bonchev–Trinajstić information content (AvgIpc) is 3.42. The summed E-state index contributed by atoms with van der Waals surface area (Å²) in [5, 5.41) is 11.5. The molecule has 2 N–H and O–H groups in total. The van der Waals surface area contributed by atoms with Crippen molar-refractivity contribution in [2.75, 3.05) is 0 Å². The van der Waals surface area contributed by atoms with Crippen LogP contribution in [0.1, 0.15) is 36.2 Å². The van der Waals surface area contributed by atoms with Crippen LogP contribution in [0.2, 0.25) is 0 Å². The lowest BCUT2D eigenvalue weighted by Crippen LogP contribution is -2.48. The SMILES string of the molecule is Cl.O=C(NC1CC2CCC(C1)N2)c1cc(-c2ccco2)nn1-c1ccccc1. The third-order valence-corrected chi connectivity index (χ3v) is 5.52. The topological polar surface area (TPSA) is 72.1 Å². The van der Waals surface area contributed by atoms with Crippen molar-refractivity contribution in [1.29, 1.82) is 0 Å². The standard InChI is InChI=1S/C21H22N4O2.ClH/c26-21(23-16-11-14-8-9-15(12-16)22-14)19-13-18(20-7-4-10-27-20)24-25(19)17-5-2-1-3-6-17;/h1-7,10,13-16,22H,8-9,11-12H2,(H,23,26);1H. The lowest BCUT2D eigenvalue weighted by Gasteiger charge is -2.29. The maximum Gasteiger partial charge on any atom is 0.270 e. The van der Waals surface area contributed by atoms with E-state index in [0.29, 0.717) is 29.2 Å². The quantitative estimate of drug-likeness (QED) is 0.704. The van der Waals surface area contributed by atoms with Crippen LogP contribution in [0.25, 0.3) is 17.1 Å². The summed E-state index contributed by atoms with van der Waals surface area (Å²) in [4.78, 5) is 13.1. The van der Waals surface area contributed by atoms with Gasteiger partial charge in [-0.15, -0.1) is 12.4 Å². The van der Waals surface area contributed by atoms with Gasteiger partial charge >= 0.3 is 0 Å². The first kappa shape index (κ1) is 18.8. The van der Waals surface area contributed by atoms with Gasteiger partial charge in [-0.3, -0.25) is 4.79 Å². The summed E-state index contributed by atoms with van der Waals surface area (Å²) < 4.78 is 7.17. The molecule has 7 heteroatoms. The van der Waals surface area contributed by atoms with Gasteiger partial charge < -0.3 is 15.1 Å². The van der Waals surface area contributed by atoms with Gasteiger partial charge in [-0.1, -0.05) is 18.2 Å². The van der Waals surface area contributed by atoms with Crippen LogP contribution in [-0.4, -0.2) is 33.8 Å². The number of aromatic nitrogens is 2. The molecule has 0 radical (unpaired) electrons. The zero-order valence-corrected chi connectivity index (χ0v) is 16.2. The van der Waals surface area contributed by atoms with E-state index in [2.05, 4.69) is 15.7 Å². The molecule has 6 nitrogen and oxygen atoms in total. The van der Waals surface area contributed by atoms with Gasteiger partial charge in [-0.05, 0) is 49.9 Å². The van der Waals surface area contributed by atoms with Crippen molar-refractivity contribution in [3.63, 3.8) is 0 Å². The summed E-state index contributed by atoms with van der Waals surface area (Å²) in [6.45, 7) is 0. The Morgan fingerprint density at radius 2 is 1.86 bits per heavy atom. The molecule has 4 heterocycles. The van der Waals surface area contributed by atoms with Crippen LogP contribution in [0.5, 0.6) is 0 Å². The van der Waals surface area contributed by atoms with Gasteiger partial charge in [-0.2, -0.15) is 5.10 Å². The first-order valence-electron chi connectivity index (χ1n) is 9.52. The predicted molar refractivity (Wildman–Crippen MR) is 109 cm³/mol. The molecule has 2 saturated heterocycles. The summed E-state index contributed by atoms with van der Waals surface area (Å²) in [5.41, 5.74) is 2.03. The van der Waals surface area contributed by atoms with Crippen LogP contribution in [-0.2, 0) is 0 Å². The molecule has 28 heavy (non-hydrogen) atoms. The van der Waals surface area contributed by atoms with E-state index in [0.717, 1.165) is 18.5 Å². The molecule has 2 atom stereocenters. The number of nitrogens with zero attached hydrogens (tertiary/aromatic N) is 2. The number of furan rings is 1. The van der Waals surface area contributed by atoms with E-state index in [9.17, 15) is 4.79 Å².